The smallest absolute Gasteiger partial charge is 0.191 e. The summed E-state index contributed by atoms with van der Waals surface area (Å²) in [5.74, 6) is 1.80. The van der Waals surface area contributed by atoms with Crippen LogP contribution in [0.4, 0.5) is 0 Å². The summed E-state index contributed by atoms with van der Waals surface area (Å²) in [4.78, 5) is 4.58. The maximum absolute atomic E-state index is 4.58. The van der Waals surface area contributed by atoms with E-state index in [2.05, 4.69) is 62.0 Å². The van der Waals surface area contributed by atoms with E-state index >= 15 is 0 Å². The molecule has 28 heavy (non-hydrogen) atoms. The Bertz CT molecular complexity index is 762. The first-order valence-electron chi connectivity index (χ1n) is 9.54. The van der Waals surface area contributed by atoms with E-state index in [-0.39, 0.29) is 24.0 Å². The molecule has 0 atom stereocenters. The summed E-state index contributed by atoms with van der Waals surface area (Å²) >= 11 is 0. The van der Waals surface area contributed by atoms with Crippen LogP contribution in [0.1, 0.15) is 37.5 Å². The van der Waals surface area contributed by atoms with Gasteiger partial charge in [0.1, 0.15) is 12.2 Å². The topological polar surface area (TPSA) is 85.0 Å². The van der Waals surface area contributed by atoms with Crippen LogP contribution >= 0.6 is 24.0 Å². The number of nitrogens with one attached hydrogen (secondary N) is 2. The first-order valence-corrected chi connectivity index (χ1v) is 9.54. The number of aliphatic imine (C=N–C) groups is 1. The van der Waals surface area contributed by atoms with Crippen molar-refractivity contribution in [3.05, 3.63) is 41.8 Å². The second-order valence-electron chi connectivity index (χ2n) is 6.77. The van der Waals surface area contributed by atoms with Crippen LogP contribution in [0.15, 0.2) is 29.5 Å². The summed E-state index contributed by atoms with van der Waals surface area (Å²) in [5.41, 5.74) is 3.29. The van der Waals surface area contributed by atoms with E-state index in [1.165, 1.54) is 5.69 Å². The van der Waals surface area contributed by atoms with Gasteiger partial charge in [0.2, 0.25) is 0 Å². The van der Waals surface area contributed by atoms with Gasteiger partial charge in [0.15, 0.2) is 5.96 Å². The normalized spacial score (nSPS) is 11.2. The van der Waals surface area contributed by atoms with Gasteiger partial charge in [-0.3, -0.25) is 4.68 Å². The molecule has 0 saturated heterocycles. The van der Waals surface area contributed by atoms with Crippen molar-refractivity contribution in [1.82, 2.24) is 35.2 Å². The predicted molar refractivity (Wildman–Crippen MR) is 124 cm³/mol. The number of rotatable bonds is 10. The number of hydrogen-bond donors (Lipinski definition) is 2. The Labute approximate surface area is 184 Å². The fraction of sp³-hybridized carbons (Fsp3) is 0.579. The van der Waals surface area contributed by atoms with Gasteiger partial charge in [-0.2, -0.15) is 5.10 Å². The highest BCUT2D eigenvalue weighted by Crippen LogP contribution is 2.02. The van der Waals surface area contributed by atoms with Gasteiger partial charge >= 0.3 is 0 Å². The van der Waals surface area contributed by atoms with E-state index in [1.807, 2.05) is 18.5 Å². The molecular weight excluding hydrogens is 467 g/mol. The number of nitrogens with zero attached hydrogens (tertiary/aromatic N) is 6. The van der Waals surface area contributed by atoms with Crippen molar-refractivity contribution in [3.63, 3.8) is 0 Å². The summed E-state index contributed by atoms with van der Waals surface area (Å²) in [7, 11) is 0. The van der Waals surface area contributed by atoms with Gasteiger partial charge in [-0.05, 0) is 33.3 Å². The van der Waals surface area contributed by atoms with Crippen LogP contribution in [-0.2, 0) is 19.5 Å². The summed E-state index contributed by atoms with van der Waals surface area (Å²) < 4.78 is 4.11. The molecule has 0 saturated carbocycles. The van der Waals surface area contributed by atoms with Gasteiger partial charge in [0.05, 0.1) is 12.2 Å². The van der Waals surface area contributed by atoms with E-state index in [0.717, 1.165) is 62.1 Å². The lowest BCUT2D eigenvalue weighted by Gasteiger charge is -2.14. The maximum Gasteiger partial charge on any atom is 0.191 e. The standard InChI is InChI=1S/C19H32N8.HI/c1-6-18-24-23-14-26(18)11-9-21-19(22-13-15(2)3)20-8-7-10-27-17(5)12-16(4)25-27;/h12,14H,2,6-11,13H2,1,3-5H3,(H2,20,21,22);1H. The quantitative estimate of drug-likeness (QED) is 0.172. The molecule has 0 unspecified atom stereocenters. The third-order valence-corrected chi connectivity index (χ3v) is 4.11. The van der Waals surface area contributed by atoms with Gasteiger partial charge in [-0.15, -0.1) is 34.2 Å². The number of aromatic nitrogens is 5. The van der Waals surface area contributed by atoms with E-state index in [1.54, 1.807) is 6.33 Å². The zero-order valence-electron chi connectivity index (χ0n) is 17.4. The average molecular weight is 500 g/mol. The molecular formula is C19H33IN8. The largest absolute Gasteiger partial charge is 0.356 e. The SMILES string of the molecule is C=C(C)CN=C(NCCCn1nc(C)cc1C)NCCn1cnnc1CC.I. The Hall–Kier alpha value is -1.91. The van der Waals surface area contributed by atoms with Gasteiger partial charge in [0, 0.05) is 38.3 Å². The van der Waals surface area contributed by atoms with Crippen LogP contribution in [0.25, 0.3) is 0 Å². The van der Waals surface area contributed by atoms with Crippen LogP contribution in [0.5, 0.6) is 0 Å². The first-order chi connectivity index (χ1) is 13.0. The molecule has 2 aromatic heterocycles. The molecule has 156 valence electrons. The lowest BCUT2D eigenvalue weighted by Crippen LogP contribution is -2.40. The molecule has 2 N–H and O–H groups in total. The molecule has 0 amide bonds. The van der Waals surface area contributed by atoms with E-state index in [0.29, 0.717) is 6.54 Å². The van der Waals surface area contributed by atoms with Gasteiger partial charge in [0.25, 0.3) is 0 Å². The van der Waals surface area contributed by atoms with Crippen molar-refractivity contribution in [3.8, 4) is 0 Å². The molecule has 2 rings (SSSR count). The minimum absolute atomic E-state index is 0. The van der Waals surface area contributed by atoms with E-state index < -0.39 is 0 Å². The Morgan fingerprint density at radius 2 is 1.96 bits per heavy atom. The second-order valence-corrected chi connectivity index (χ2v) is 6.77. The highest BCUT2D eigenvalue weighted by Gasteiger charge is 2.04. The molecule has 2 aromatic rings. The monoisotopic (exact) mass is 500 g/mol. The fourth-order valence-corrected chi connectivity index (χ4v) is 2.76. The van der Waals surface area contributed by atoms with Crippen molar-refractivity contribution >= 4 is 29.9 Å². The minimum atomic E-state index is 0. The molecule has 0 aliphatic rings. The molecule has 0 aromatic carbocycles. The Morgan fingerprint density at radius 3 is 2.61 bits per heavy atom. The summed E-state index contributed by atoms with van der Waals surface area (Å²) in [6.45, 7) is 16.0. The van der Waals surface area contributed by atoms with Gasteiger partial charge < -0.3 is 15.2 Å². The lowest BCUT2D eigenvalue weighted by molar-refractivity contribution is 0.553. The van der Waals surface area contributed by atoms with E-state index in [4.69, 9.17) is 0 Å². The summed E-state index contributed by atoms with van der Waals surface area (Å²) in [6.07, 6.45) is 3.62. The van der Waals surface area contributed by atoms with Crippen LogP contribution in [0.2, 0.25) is 0 Å². The second kappa shape index (κ2) is 12.5. The molecule has 0 bridgehead atoms. The maximum atomic E-state index is 4.58. The van der Waals surface area contributed by atoms with Crippen LogP contribution in [-0.4, -0.2) is 50.1 Å². The average Bonchev–Trinajstić information content (AvgIpc) is 3.21. The number of aryl methyl sites for hydroxylation is 4. The number of hydrogen-bond acceptors (Lipinski definition) is 4. The zero-order chi connectivity index (χ0) is 19.6. The highest BCUT2D eigenvalue weighted by atomic mass is 127. The van der Waals surface area contributed by atoms with E-state index in [9.17, 15) is 0 Å². The first kappa shape index (κ1) is 24.1. The third kappa shape index (κ3) is 7.99. The molecule has 0 fully saturated rings. The zero-order valence-corrected chi connectivity index (χ0v) is 19.7. The molecule has 0 spiro atoms. The van der Waals surface area contributed by atoms with Crippen LogP contribution < -0.4 is 10.6 Å². The predicted octanol–water partition coefficient (Wildman–Crippen LogP) is 2.47. The molecule has 0 aliphatic carbocycles. The van der Waals surface area contributed by atoms with Crippen molar-refractivity contribution < 1.29 is 0 Å². The highest BCUT2D eigenvalue weighted by molar-refractivity contribution is 14.0. The molecule has 0 radical (unpaired) electrons. The Kier molecular flexibility index (Phi) is 10.8. The minimum Gasteiger partial charge on any atom is -0.356 e. The molecule has 0 aliphatic heterocycles. The molecule has 8 nitrogen and oxygen atoms in total. The van der Waals surface area contributed by atoms with Crippen LogP contribution in [0.3, 0.4) is 0 Å². The lowest BCUT2D eigenvalue weighted by atomic mass is 10.3. The van der Waals surface area contributed by atoms with Gasteiger partial charge in [-0.1, -0.05) is 19.1 Å². The third-order valence-electron chi connectivity index (χ3n) is 4.11. The fourth-order valence-electron chi connectivity index (χ4n) is 2.76. The molecule has 2 heterocycles. The number of halogens is 1. The van der Waals surface area contributed by atoms with Crippen LogP contribution in [0, 0.1) is 13.8 Å². The van der Waals surface area contributed by atoms with Crippen molar-refractivity contribution in [2.45, 2.75) is 53.6 Å². The Balaban J connectivity index is 0.00000392. The van der Waals surface area contributed by atoms with Crippen molar-refractivity contribution in [1.29, 1.82) is 0 Å². The Morgan fingerprint density at radius 1 is 1.21 bits per heavy atom. The molecule has 9 heteroatoms. The number of guanidine groups is 1. The van der Waals surface area contributed by atoms with Crippen molar-refractivity contribution in [2.75, 3.05) is 19.6 Å². The van der Waals surface area contributed by atoms with Gasteiger partial charge in [-0.25, -0.2) is 4.99 Å². The summed E-state index contributed by atoms with van der Waals surface area (Å²) in [5, 5.41) is 19.3. The summed E-state index contributed by atoms with van der Waals surface area (Å²) in [6, 6.07) is 2.10. The van der Waals surface area contributed by atoms with Crippen molar-refractivity contribution in [2.24, 2.45) is 4.99 Å².